The molecule has 0 aromatic carbocycles. The van der Waals surface area contributed by atoms with E-state index < -0.39 is 17.4 Å². The standard InChI is InChI=1S/C14H24N2O4/c1-14(2,3)13(20)15-7-6-11(17)16-10(12(18)19)8-9-4-5-9/h9-10H,4-8H2,1-3H3,(H,15,20)(H,16,17)(H,18,19). The second kappa shape index (κ2) is 6.72. The minimum absolute atomic E-state index is 0.0935. The number of aliphatic carboxylic acids is 1. The van der Waals surface area contributed by atoms with E-state index >= 15 is 0 Å². The van der Waals surface area contributed by atoms with Crippen LogP contribution in [0.5, 0.6) is 0 Å². The molecule has 1 unspecified atom stereocenters. The minimum Gasteiger partial charge on any atom is -0.480 e. The van der Waals surface area contributed by atoms with Crippen molar-refractivity contribution in [2.75, 3.05) is 6.54 Å². The van der Waals surface area contributed by atoms with Crippen LogP contribution >= 0.6 is 0 Å². The predicted octanol–water partition coefficient (Wildman–Crippen LogP) is 0.908. The maximum absolute atomic E-state index is 11.7. The van der Waals surface area contributed by atoms with Gasteiger partial charge in [-0.25, -0.2) is 4.79 Å². The van der Waals surface area contributed by atoms with Crippen LogP contribution in [0.2, 0.25) is 0 Å². The molecule has 20 heavy (non-hydrogen) atoms. The van der Waals surface area contributed by atoms with Crippen molar-refractivity contribution in [1.29, 1.82) is 0 Å². The van der Waals surface area contributed by atoms with Gasteiger partial charge in [0.1, 0.15) is 6.04 Å². The quantitative estimate of drug-likeness (QED) is 0.647. The van der Waals surface area contributed by atoms with Gasteiger partial charge < -0.3 is 15.7 Å². The molecule has 0 radical (unpaired) electrons. The smallest absolute Gasteiger partial charge is 0.326 e. The van der Waals surface area contributed by atoms with Crippen LogP contribution in [0.3, 0.4) is 0 Å². The average Bonchev–Trinajstić information content (AvgIpc) is 3.10. The number of carboxylic acids is 1. The van der Waals surface area contributed by atoms with Crippen molar-refractivity contribution in [2.24, 2.45) is 11.3 Å². The van der Waals surface area contributed by atoms with Gasteiger partial charge in [0.25, 0.3) is 0 Å². The third-order valence-electron chi connectivity index (χ3n) is 3.22. The minimum atomic E-state index is -0.996. The summed E-state index contributed by atoms with van der Waals surface area (Å²) in [5, 5.41) is 14.2. The van der Waals surface area contributed by atoms with Gasteiger partial charge >= 0.3 is 5.97 Å². The summed E-state index contributed by atoms with van der Waals surface area (Å²) >= 11 is 0. The van der Waals surface area contributed by atoms with Gasteiger partial charge in [-0.05, 0) is 12.3 Å². The highest BCUT2D eigenvalue weighted by Gasteiger charge is 2.30. The van der Waals surface area contributed by atoms with Gasteiger partial charge in [0.05, 0.1) is 0 Å². The molecule has 114 valence electrons. The van der Waals surface area contributed by atoms with Gasteiger partial charge in [-0.15, -0.1) is 0 Å². The Morgan fingerprint density at radius 3 is 2.30 bits per heavy atom. The Labute approximate surface area is 119 Å². The summed E-state index contributed by atoms with van der Waals surface area (Å²) in [4.78, 5) is 34.3. The van der Waals surface area contributed by atoms with Crippen molar-refractivity contribution < 1.29 is 19.5 Å². The van der Waals surface area contributed by atoms with Crippen LogP contribution in [-0.4, -0.2) is 35.5 Å². The van der Waals surface area contributed by atoms with E-state index in [1.165, 1.54) is 0 Å². The Morgan fingerprint density at radius 2 is 1.85 bits per heavy atom. The van der Waals surface area contributed by atoms with Crippen LogP contribution in [0.1, 0.15) is 46.5 Å². The molecule has 1 rings (SSSR count). The molecule has 6 nitrogen and oxygen atoms in total. The summed E-state index contributed by atoms with van der Waals surface area (Å²) in [5.74, 6) is -1.04. The first-order valence-corrected chi connectivity index (χ1v) is 7.00. The van der Waals surface area contributed by atoms with Crippen molar-refractivity contribution in [1.82, 2.24) is 10.6 Å². The molecule has 0 saturated heterocycles. The van der Waals surface area contributed by atoms with Gasteiger partial charge in [0.2, 0.25) is 11.8 Å². The average molecular weight is 284 g/mol. The van der Waals surface area contributed by atoms with Crippen molar-refractivity contribution >= 4 is 17.8 Å². The number of hydrogen-bond donors (Lipinski definition) is 3. The summed E-state index contributed by atoms with van der Waals surface area (Å²) in [6.07, 6.45) is 2.67. The summed E-state index contributed by atoms with van der Waals surface area (Å²) < 4.78 is 0. The van der Waals surface area contributed by atoms with Crippen LogP contribution in [0.25, 0.3) is 0 Å². The van der Waals surface area contributed by atoms with Crippen LogP contribution in [0.15, 0.2) is 0 Å². The first kappa shape index (κ1) is 16.5. The number of amides is 2. The predicted molar refractivity (Wildman–Crippen MR) is 74.0 cm³/mol. The Morgan fingerprint density at radius 1 is 1.25 bits per heavy atom. The van der Waals surface area contributed by atoms with Gasteiger partial charge in [-0.3, -0.25) is 9.59 Å². The normalized spacial score (nSPS) is 16.4. The fourth-order valence-electron chi connectivity index (χ4n) is 1.73. The molecule has 1 aliphatic carbocycles. The van der Waals surface area contributed by atoms with Crippen LogP contribution in [-0.2, 0) is 14.4 Å². The number of rotatable bonds is 7. The molecule has 1 atom stereocenters. The molecule has 0 bridgehead atoms. The van der Waals surface area contributed by atoms with E-state index in [0.717, 1.165) is 12.8 Å². The number of carbonyl (C=O) groups is 3. The van der Waals surface area contributed by atoms with Gasteiger partial charge in [-0.1, -0.05) is 33.6 Å². The second-order valence-electron chi connectivity index (χ2n) is 6.39. The van der Waals surface area contributed by atoms with E-state index in [0.29, 0.717) is 12.3 Å². The lowest BCUT2D eigenvalue weighted by atomic mass is 9.96. The van der Waals surface area contributed by atoms with Gasteiger partial charge in [-0.2, -0.15) is 0 Å². The maximum atomic E-state index is 11.7. The van der Waals surface area contributed by atoms with Crippen molar-refractivity contribution in [2.45, 2.75) is 52.5 Å². The van der Waals surface area contributed by atoms with E-state index in [1.54, 1.807) is 20.8 Å². The molecule has 0 aromatic heterocycles. The van der Waals surface area contributed by atoms with Crippen LogP contribution in [0.4, 0.5) is 0 Å². The Kier molecular flexibility index (Phi) is 5.53. The molecule has 0 aliphatic heterocycles. The van der Waals surface area contributed by atoms with Crippen molar-refractivity contribution in [3.05, 3.63) is 0 Å². The topological polar surface area (TPSA) is 95.5 Å². The lowest BCUT2D eigenvalue weighted by molar-refractivity contribution is -0.142. The number of nitrogens with one attached hydrogen (secondary N) is 2. The highest BCUT2D eigenvalue weighted by atomic mass is 16.4. The first-order chi connectivity index (χ1) is 9.20. The molecule has 1 saturated carbocycles. The van der Waals surface area contributed by atoms with Crippen molar-refractivity contribution in [3.63, 3.8) is 0 Å². The summed E-state index contributed by atoms with van der Waals surface area (Å²) in [7, 11) is 0. The van der Waals surface area contributed by atoms with Crippen LogP contribution in [0, 0.1) is 11.3 Å². The summed E-state index contributed by atoms with van der Waals surface area (Å²) in [6, 6.07) is -0.812. The monoisotopic (exact) mass is 284 g/mol. The summed E-state index contributed by atoms with van der Waals surface area (Å²) in [6.45, 7) is 5.59. The lowest BCUT2D eigenvalue weighted by Gasteiger charge is -2.18. The zero-order chi connectivity index (χ0) is 15.3. The third kappa shape index (κ3) is 6.04. The molecule has 0 aromatic rings. The summed E-state index contributed by atoms with van der Waals surface area (Å²) in [5.41, 5.74) is -0.494. The fourth-order valence-corrected chi connectivity index (χ4v) is 1.73. The highest BCUT2D eigenvalue weighted by Crippen LogP contribution is 2.33. The second-order valence-corrected chi connectivity index (χ2v) is 6.39. The SMILES string of the molecule is CC(C)(C)C(=O)NCCC(=O)NC(CC1CC1)C(=O)O. The molecule has 0 heterocycles. The van der Waals surface area contributed by atoms with E-state index in [9.17, 15) is 14.4 Å². The van der Waals surface area contributed by atoms with E-state index in [1.807, 2.05) is 0 Å². The highest BCUT2D eigenvalue weighted by molar-refractivity contribution is 5.85. The maximum Gasteiger partial charge on any atom is 0.326 e. The molecule has 6 heteroatoms. The lowest BCUT2D eigenvalue weighted by Crippen LogP contribution is -2.43. The molecule has 1 aliphatic rings. The molecular formula is C14H24N2O4. The van der Waals surface area contributed by atoms with E-state index in [2.05, 4.69) is 10.6 Å². The largest absolute Gasteiger partial charge is 0.480 e. The van der Waals surface area contributed by atoms with Crippen LogP contribution < -0.4 is 10.6 Å². The Balaban J connectivity index is 2.27. The molecule has 1 fully saturated rings. The molecule has 0 spiro atoms. The van der Waals surface area contributed by atoms with Gasteiger partial charge in [0.15, 0.2) is 0 Å². The Hall–Kier alpha value is -1.59. The third-order valence-corrected chi connectivity index (χ3v) is 3.22. The molecular weight excluding hydrogens is 260 g/mol. The Bertz CT molecular complexity index is 383. The number of hydrogen-bond acceptors (Lipinski definition) is 3. The number of carboxylic acid groups (broad SMARTS) is 1. The molecule has 2 amide bonds. The number of carbonyl (C=O) groups excluding carboxylic acids is 2. The first-order valence-electron chi connectivity index (χ1n) is 7.00. The molecule has 3 N–H and O–H groups in total. The zero-order valence-corrected chi connectivity index (χ0v) is 12.4. The van der Waals surface area contributed by atoms with E-state index in [-0.39, 0.29) is 24.8 Å². The van der Waals surface area contributed by atoms with Gasteiger partial charge in [0, 0.05) is 18.4 Å². The van der Waals surface area contributed by atoms with E-state index in [4.69, 9.17) is 5.11 Å². The van der Waals surface area contributed by atoms with Crippen molar-refractivity contribution in [3.8, 4) is 0 Å². The zero-order valence-electron chi connectivity index (χ0n) is 12.4. The fraction of sp³-hybridized carbons (Fsp3) is 0.786.